The maximum atomic E-state index is 15.2. The first-order valence-electron chi connectivity index (χ1n) is 10.6. The average Bonchev–Trinajstić information content (AvgIpc) is 3.30. The number of rotatable bonds is 7. The van der Waals surface area contributed by atoms with E-state index in [9.17, 15) is 5.11 Å². The summed E-state index contributed by atoms with van der Waals surface area (Å²) in [6, 6.07) is 10.4. The predicted octanol–water partition coefficient (Wildman–Crippen LogP) is 3.38. The van der Waals surface area contributed by atoms with Gasteiger partial charge in [0.25, 0.3) is 0 Å². The van der Waals surface area contributed by atoms with Crippen LogP contribution < -0.4 is 15.4 Å². The Balaban J connectivity index is 1.63. The molecular formula is C24H22FN7O2. The molecule has 0 aliphatic heterocycles. The molecule has 172 valence electrons. The van der Waals surface area contributed by atoms with Gasteiger partial charge >= 0.3 is 0 Å². The fourth-order valence-corrected chi connectivity index (χ4v) is 3.69. The van der Waals surface area contributed by atoms with Gasteiger partial charge in [0.15, 0.2) is 5.82 Å². The number of aromatic nitrogens is 5. The third-order valence-corrected chi connectivity index (χ3v) is 5.44. The van der Waals surface area contributed by atoms with Crippen molar-refractivity contribution in [3.63, 3.8) is 0 Å². The second-order valence-corrected chi connectivity index (χ2v) is 7.73. The first-order valence-corrected chi connectivity index (χ1v) is 10.6. The third kappa shape index (κ3) is 4.12. The second-order valence-electron chi connectivity index (χ2n) is 7.73. The fraction of sp³-hybridized carbons (Fsp3) is 0.167. The van der Waals surface area contributed by atoms with Crippen molar-refractivity contribution in [2.75, 3.05) is 19.0 Å². The van der Waals surface area contributed by atoms with Crippen LogP contribution in [0.2, 0.25) is 0 Å². The van der Waals surface area contributed by atoms with Gasteiger partial charge in [-0.1, -0.05) is 0 Å². The van der Waals surface area contributed by atoms with E-state index in [4.69, 9.17) is 4.74 Å². The van der Waals surface area contributed by atoms with Crippen LogP contribution in [-0.2, 0) is 7.05 Å². The summed E-state index contributed by atoms with van der Waals surface area (Å²) in [7, 11) is 3.47. The van der Waals surface area contributed by atoms with Gasteiger partial charge in [-0.3, -0.25) is 15.0 Å². The van der Waals surface area contributed by atoms with Gasteiger partial charge in [-0.2, -0.15) is 5.10 Å². The Hall–Kier alpha value is -4.15. The van der Waals surface area contributed by atoms with Crippen LogP contribution in [0, 0.1) is 5.82 Å². The van der Waals surface area contributed by atoms with Gasteiger partial charge in [-0.05, 0) is 49.0 Å². The lowest BCUT2D eigenvalue weighted by atomic mass is 10.1. The SMILES string of the molecule is CN[C@H](O)COc1cc(-c2cnn(C)c2)cc2ncnc(Nc3ccc4ncccc4c3F)c12. The number of hydrogen-bond donors (Lipinski definition) is 3. The highest BCUT2D eigenvalue weighted by Gasteiger charge is 2.17. The molecule has 9 nitrogen and oxygen atoms in total. The number of fused-ring (bicyclic) bond motifs is 2. The Morgan fingerprint density at radius 2 is 2.00 bits per heavy atom. The monoisotopic (exact) mass is 459 g/mol. The zero-order chi connectivity index (χ0) is 23.7. The number of nitrogens with zero attached hydrogens (tertiary/aromatic N) is 5. The van der Waals surface area contributed by atoms with E-state index >= 15 is 4.39 Å². The van der Waals surface area contributed by atoms with E-state index in [1.807, 2.05) is 25.4 Å². The molecule has 10 heteroatoms. The molecule has 0 unspecified atom stereocenters. The maximum Gasteiger partial charge on any atom is 0.156 e. The molecule has 0 bridgehead atoms. The molecule has 2 aromatic carbocycles. The molecule has 0 aliphatic carbocycles. The first kappa shape index (κ1) is 21.7. The van der Waals surface area contributed by atoms with Crippen LogP contribution >= 0.6 is 0 Å². The summed E-state index contributed by atoms with van der Waals surface area (Å²) in [6.07, 6.45) is 5.78. The molecule has 1 atom stereocenters. The van der Waals surface area contributed by atoms with Crippen LogP contribution in [0.15, 0.2) is 61.3 Å². The quantitative estimate of drug-likeness (QED) is 0.318. The van der Waals surface area contributed by atoms with Gasteiger partial charge in [0.2, 0.25) is 0 Å². The number of benzene rings is 2. The number of ether oxygens (including phenoxy) is 1. The van der Waals surface area contributed by atoms with Gasteiger partial charge in [0.05, 0.1) is 28.3 Å². The van der Waals surface area contributed by atoms with Crippen molar-refractivity contribution in [3.8, 4) is 16.9 Å². The van der Waals surface area contributed by atoms with E-state index in [1.165, 1.54) is 6.33 Å². The highest BCUT2D eigenvalue weighted by molar-refractivity contribution is 5.99. The van der Waals surface area contributed by atoms with Gasteiger partial charge in [0, 0.05) is 30.4 Å². The van der Waals surface area contributed by atoms with Crippen LogP contribution in [0.1, 0.15) is 0 Å². The normalized spacial score (nSPS) is 12.2. The van der Waals surface area contributed by atoms with E-state index in [0.29, 0.717) is 33.4 Å². The van der Waals surface area contributed by atoms with Crippen LogP contribution in [0.5, 0.6) is 5.75 Å². The number of halogens is 1. The summed E-state index contributed by atoms with van der Waals surface area (Å²) in [5, 5.41) is 21.0. The number of hydrogen-bond acceptors (Lipinski definition) is 8. The summed E-state index contributed by atoms with van der Waals surface area (Å²) in [4.78, 5) is 13.0. The molecular weight excluding hydrogens is 437 g/mol. The fourth-order valence-electron chi connectivity index (χ4n) is 3.69. The minimum Gasteiger partial charge on any atom is -0.489 e. The molecule has 0 radical (unpaired) electrons. The third-order valence-electron chi connectivity index (χ3n) is 5.44. The molecule has 3 N–H and O–H groups in total. The van der Waals surface area contributed by atoms with Crippen molar-refractivity contribution in [2.24, 2.45) is 7.05 Å². The van der Waals surface area contributed by atoms with Crippen molar-refractivity contribution < 1.29 is 14.2 Å². The van der Waals surface area contributed by atoms with Gasteiger partial charge in [0.1, 0.15) is 30.7 Å². The molecule has 0 spiro atoms. The molecule has 3 aromatic heterocycles. The Morgan fingerprint density at radius 1 is 1.12 bits per heavy atom. The zero-order valence-electron chi connectivity index (χ0n) is 18.5. The smallest absolute Gasteiger partial charge is 0.156 e. The predicted molar refractivity (Wildman–Crippen MR) is 127 cm³/mol. The van der Waals surface area contributed by atoms with Crippen LogP contribution in [0.3, 0.4) is 0 Å². The molecule has 0 amide bonds. The van der Waals surface area contributed by atoms with E-state index in [1.54, 1.807) is 48.4 Å². The van der Waals surface area contributed by atoms with Gasteiger partial charge in [-0.15, -0.1) is 0 Å². The summed E-state index contributed by atoms with van der Waals surface area (Å²) in [6.45, 7) is -0.00751. The maximum absolute atomic E-state index is 15.2. The minimum absolute atomic E-state index is 0.00751. The number of likely N-dealkylation sites (N-methyl/N-ethyl adjacent to an activating group) is 1. The van der Waals surface area contributed by atoms with Crippen molar-refractivity contribution >= 4 is 33.3 Å². The molecule has 5 aromatic rings. The van der Waals surface area contributed by atoms with E-state index in [2.05, 4.69) is 30.7 Å². The zero-order valence-corrected chi connectivity index (χ0v) is 18.5. The minimum atomic E-state index is -0.872. The highest BCUT2D eigenvalue weighted by atomic mass is 19.1. The Bertz CT molecular complexity index is 1490. The van der Waals surface area contributed by atoms with Gasteiger partial charge in [-0.25, -0.2) is 14.4 Å². The van der Waals surface area contributed by atoms with E-state index in [0.717, 1.165) is 11.1 Å². The molecule has 0 aliphatic rings. The molecule has 0 saturated heterocycles. The number of aliphatic hydroxyl groups is 1. The second kappa shape index (κ2) is 9.00. The lowest BCUT2D eigenvalue weighted by Crippen LogP contribution is -2.31. The number of aliphatic hydroxyl groups excluding tert-OH is 1. The lowest BCUT2D eigenvalue weighted by Gasteiger charge is -2.17. The van der Waals surface area contributed by atoms with Crippen molar-refractivity contribution in [1.29, 1.82) is 0 Å². The summed E-state index contributed by atoms with van der Waals surface area (Å²) >= 11 is 0. The largest absolute Gasteiger partial charge is 0.489 e. The van der Waals surface area contributed by atoms with Crippen molar-refractivity contribution in [1.82, 2.24) is 30.0 Å². The van der Waals surface area contributed by atoms with Gasteiger partial charge < -0.3 is 15.2 Å². The molecule has 3 heterocycles. The summed E-state index contributed by atoms with van der Waals surface area (Å²) in [5.74, 6) is 0.382. The van der Waals surface area contributed by atoms with E-state index in [-0.39, 0.29) is 12.3 Å². The number of pyridine rings is 1. The van der Waals surface area contributed by atoms with Crippen molar-refractivity contribution in [3.05, 3.63) is 67.1 Å². The number of nitrogens with one attached hydrogen (secondary N) is 2. The molecule has 34 heavy (non-hydrogen) atoms. The van der Waals surface area contributed by atoms with E-state index < -0.39 is 12.0 Å². The number of anilines is 2. The number of aryl methyl sites for hydroxylation is 1. The Labute approximate surface area is 194 Å². The van der Waals surface area contributed by atoms with Crippen LogP contribution in [-0.4, -0.2) is 49.7 Å². The average molecular weight is 459 g/mol. The summed E-state index contributed by atoms with van der Waals surface area (Å²) in [5.41, 5.74) is 3.12. The lowest BCUT2D eigenvalue weighted by molar-refractivity contribution is 0.0866. The highest BCUT2D eigenvalue weighted by Crippen LogP contribution is 2.37. The molecule has 5 rings (SSSR count). The molecule has 0 fully saturated rings. The van der Waals surface area contributed by atoms with Crippen LogP contribution in [0.4, 0.5) is 15.9 Å². The Kier molecular flexibility index (Phi) is 5.74. The Morgan fingerprint density at radius 3 is 2.79 bits per heavy atom. The summed E-state index contributed by atoms with van der Waals surface area (Å²) < 4.78 is 22.9. The van der Waals surface area contributed by atoms with Crippen molar-refractivity contribution in [2.45, 2.75) is 6.23 Å². The topological polar surface area (TPSA) is 110 Å². The first-order chi connectivity index (χ1) is 16.5. The molecule has 0 saturated carbocycles. The standard InChI is InChI=1S/C24H22FN7O2/c1-26-21(33)12-34-20-9-14(15-10-30-32(2)11-15)8-19-22(20)24(29-13-28-19)31-18-6-5-17-16(23(18)25)4-3-7-27-17/h3-11,13,21,26,33H,12H2,1-2H3,(H,28,29,31)/t21-/m1/s1. The van der Waals surface area contributed by atoms with Crippen LogP contribution in [0.25, 0.3) is 32.9 Å².